The van der Waals surface area contributed by atoms with E-state index in [0.29, 0.717) is 0 Å². The SMILES string of the molecule is CNCc1ncc(C)[nH]1.Cl. The van der Waals surface area contributed by atoms with Crippen molar-refractivity contribution in [3.63, 3.8) is 0 Å². The average molecular weight is 162 g/mol. The van der Waals surface area contributed by atoms with Crippen molar-refractivity contribution in [2.24, 2.45) is 0 Å². The summed E-state index contributed by atoms with van der Waals surface area (Å²) in [5, 5.41) is 3.00. The van der Waals surface area contributed by atoms with E-state index in [9.17, 15) is 0 Å². The van der Waals surface area contributed by atoms with Crippen LogP contribution in [0.3, 0.4) is 0 Å². The molecule has 1 rings (SSSR count). The Kier molecular flexibility index (Phi) is 4.07. The molecule has 0 saturated carbocycles. The van der Waals surface area contributed by atoms with Crippen molar-refractivity contribution in [1.29, 1.82) is 0 Å². The lowest BCUT2D eigenvalue weighted by Crippen LogP contribution is -2.06. The van der Waals surface area contributed by atoms with Crippen molar-refractivity contribution in [1.82, 2.24) is 15.3 Å². The molecule has 0 fully saturated rings. The van der Waals surface area contributed by atoms with E-state index in [1.165, 1.54) is 0 Å². The van der Waals surface area contributed by atoms with Crippen LogP contribution in [-0.2, 0) is 6.54 Å². The lowest BCUT2D eigenvalue weighted by molar-refractivity contribution is 0.770. The first-order chi connectivity index (χ1) is 4.33. The Balaban J connectivity index is 0.000000810. The topological polar surface area (TPSA) is 40.7 Å². The molecule has 0 aliphatic carbocycles. The van der Waals surface area contributed by atoms with E-state index in [-0.39, 0.29) is 12.4 Å². The van der Waals surface area contributed by atoms with Gasteiger partial charge in [-0.25, -0.2) is 4.98 Å². The van der Waals surface area contributed by atoms with E-state index < -0.39 is 0 Å². The first kappa shape index (κ1) is 9.46. The van der Waals surface area contributed by atoms with Gasteiger partial charge in [0.15, 0.2) is 0 Å². The minimum Gasteiger partial charge on any atom is -0.345 e. The number of nitrogens with one attached hydrogen (secondary N) is 2. The van der Waals surface area contributed by atoms with Crippen molar-refractivity contribution < 1.29 is 0 Å². The van der Waals surface area contributed by atoms with E-state index >= 15 is 0 Å². The summed E-state index contributed by atoms with van der Waals surface area (Å²) in [6, 6.07) is 0. The van der Waals surface area contributed by atoms with Crippen LogP contribution in [0.25, 0.3) is 0 Å². The molecule has 4 heteroatoms. The van der Waals surface area contributed by atoms with E-state index in [2.05, 4.69) is 15.3 Å². The van der Waals surface area contributed by atoms with E-state index in [1.54, 1.807) is 0 Å². The molecule has 1 heterocycles. The van der Waals surface area contributed by atoms with Gasteiger partial charge in [-0.3, -0.25) is 0 Å². The van der Waals surface area contributed by atoms with Crippen LogP contribution in [-0.4, -0.2) is 17.0 Å². The zero-order valence-corrected chi connectivity index (χ0v) is 6.96. The number of hydrogen-bond acceptors (Lipinski definition) is 2. The van der Waals surface area contributed by atoms with Crippen LogP contribution in [0, 0.1) is 6.92 Å². The molecule has 1 aromatic heterocycles. The van der Waals surface area contributed by atoms with Crippen LogP contribution in [0.4, 0.5) is 0 Å². The van der Waals surface area contributed by atoms with E-state index in [0.717, 1.165) is 18.1 Å². The maximum atomic E-state index is 4.09. The Labute approximate surface area is 66.7 Å². The van der Waals surface area contributed by atoms with Gasteiger partial charge in [0.2, 0.25) is 0 Å². The molecule has 0 aromatic carbocycles. The Bertz CT molecular complexity index is 185. The number of aromatic nitrogens is 2. The molecular weight excluding hydrogens is 150 g/mol. The molecule has 0 amide bonds. The predicted octanol–water partition coefficient (Wildman–Crippen LogP) is 0.859. The first-order valence-corrected chi connectivity index (χ1v) is 2.98. The minimum absolute atomic E-state index is 0. The van der Waals surface area contributed by atoms with Crippen molar-refractivity contribution in [3.8, 4) is 0 Å². The standard InChI is InChI=1S/C6H11N3.ClH/c1-5-3-8-6(9-5)4-7-2;/h3,7H,4H2,1-2H3,(H,8,9);1H. The Morgan fingerprint density at radius 1 is 1.70 bits per heavy atom. The predicted molar refractivity (Wildman–Crippen MR) is 43.3 cm³/mol. The summed E-state index contributed by atoms with van der Waals surface area (Å²) in [6.07, 6.45) is 1.83. The molecule has 10 heavy (non-hydrogen) atoms. The van der Waals surface area contributed by atoms with Crippen molar-refractivity contribution >= 4 is 12.4 Å². The quantitative estimate of drug-likeness (QED) is 0.676. The zero-order valence-electron chi connectivity index (χ0n) is 6.14. The smallest absolute Gasteiger partial charge is 0.120 e. The summed E-state index contributed by atoms with van der Waals surface area (Å²) in [4.78, 5) is 7.19. The monoisotopic (exact) mass is 161 g/mol. The van der Waals surface area contributed by atoms with Gasteiger partial charge < -0.3 is 10.3 Å². The van der Waals surface area contributed by atoms with Gasteiger partial charge in [-0.05, 0) is 14.0 Å². The molecule has 2 N–H and O–H groups in total. The molecule has 58 valence electrons. The highest BCUT2D eigenvalue weighted by atomic mass is 35.5. The third kappa shape index (κ3) is 2.37. The fraction of sp³-hybridized carbons (Fsp3) is 0.500. The van der Waals surface area contributed by atoms with Gasteiger partial charge in [0.05, 0.1) is 6.54 Å². The fourth-order valence-electron chi connectivity index (χ4n) is 0.724. The Morgan fingerprint density at radius 3 is 2.80 bits per heavy atom. The second kappa shape index (κ2) is 4.30. The molecule has 3 nitrogen and oxygen atoms in total. The molecule has 0 unspecified atom stereocenters. The molecule has 0 atom stereocenters. The second-order valence-corrected chi connectivity index (χ2v) is 2.04. The Hall–Kier alpha value is -0.540. The molecule has 0 bridgehead atoms. The lowest BCUT2D eigenvalue weighted by atomic mass is 10.6. The summed E-state index contributed by atoms with van der Waals surface area (Å²) in [5.74, 6) is 0.995. The summed E-state index contributed by atoms with van der Waals surface area (Å²) < 4.78 is 0. The number of imidazole rings is 1. The third-order valence-electron chi connectivity index (χ3n) is 1.10. The highest BCUT2D eigenvalue weighted by Crippen LogP contribution is 1.92. The van der Waals surface area contributed by atoms with Crippen LogP contribution in [0.1, 0.15) is 11.5 Å². The number of halogens is 1. The fourth-order valence-corrected chi connectivity index (χ4v) is 0.724. The molecule has 0 saturated heterocycles. The highest BCUT2D eigenvalue weighted by molar-refractivity contribution is 5.85. The molecule has 0 radical (unpaired) electrons. The Morgan fingerprint density at radius 2 is 2.40 bits per heavy atom. The number of H-pyrrole nitrogens is 1. The maximum absolute atomic E-state index is 4.09. The summed E-state index contributed by atoms with van der Waals surface area (Å²) in [7, 11) is 1.90. The van der Waals surface area contributed by atoms with Crippen LogP contribution in [0.5, 0.6) is 0 Å². The lowest BCUT2D eigenvalue weighted by Gasteiger charge is -1.90. The first-order valence-electron chi connectivity index (χ1n) is 2.98. The van der Waals surface area contributed by atoms with Crippen molar-refractivity contribution in [3.05, 3.63) is 17.7 Å². The maximum Gasteiger partial charge on any atom is 0.120 e. The normalized spacial score (nSPS) is 9.00. The molecule has 0 aliphatic rings. The van der Waals surface area contributed by atoms with Gasteiger partial charge in [0.1, 0.15) is 5.82 Å². The molecular formula is C6H12ClN3. The molecule has 1 aromatic rings. The van der Waals surface area contributed by atoms with Gasteiger partial charge in [0, 0.05) is 11.9 Å². The van der Waals surface area contributed by atoms with Gasteiger partial charge in [-0.15, -0.1) is 12.4 Å². The highest BCUT2D eigenvalue weighted by Gasteiger charge is 1.91. The third-order valence-corrected chi connectivity index (χ3v) is 1.10. The van der Waals surface area contributed by atoms with Gasteiger partial charge in [0.25, 0.3) is 0 Å². The minimum atomic E-state index is 0. The summed E-state index contributed by atoms with van der Waals surface area (Å²) >= 11 is 0. The largest absolute Gasteiger partial charge is 0.345 e. The van der Waals surface area contributed by atoms with Crippen molar-refractivity contribution in [2.45, 2.75) is 13.5 Å². The molecule has 0 spiro atoms. The average Bonchev–Trinajstić information content (AvgIpc) is 2.17. The summed E-state index contributed by atoms with van der Waals surface area (Å²) in [6.45, 7) is 2.81. The van der Waals surface area contributed by atoms with Crippen LogP contribution < -0.4 is 5.32 Å². The van der Waals surface area contributed by atoms with Crippen LogP contribution >= 0.6 is 12.4 Å². The number of aromatic amines is 1. The van der Waals surface area contributed by atoms with Crippen LogP contribution in [0.15, 0.2) is 6.20 Å². The van der Waals surface area contributed by atoms with Gasteiger partial charge in [-0.2, -0.15) is 0 Å². The zero-order chi connectivity index (χ0) is 6.69. The number of hydrogen-bond donors (Lipinski definition) is 2. The summed E-state index contributed by atoms with van der Waals surface area (Å²) in [5.41, 5.74) is 1.11. The number of nitrogens with zero attached hydrogens (tertiary/aromatic N) is 1. The van der Waals surface area contributed by atoms with Crippen LogP contribution in [0.2, 0.25) is 0 Å². The number of aryl methyl sites for hydroxylation is 1. The van der Waals surface area contributed by atoms with Crippen molar-refractivity contribution in [2.75, 3.05) is 7.05 Å². The van der Waals surface area contributed by atoms with Gasteiger partial charge in [-0.1, -0.05) is 0 Å². The van der Waals surface area contributed by atoms with E-state index in [4.69, 9.17) is 0 Å². The molecule has 0 aliphatic heterocycles. The second-order valence-electron chi connectivity index (χ2n) is 2.04. The number of rotatable bonds is 2. The van der Waals surface area contributed by atoms with E-state index in [1.807, 2.05) is 20.2 Å². The van der Waals surface area contributed by atoms with Gasteiger partial charge >= 0.3 is 0 Å².